The summed E-state index contributed by atoms with van der Waals surface area (Å²) >= 11 is 4.66. The quantitative estimate of drug-likeness (QED) is 0.909. The van der Waals surface area contributed by atoms with E-state index in [1.165, 1.54) is 17.4 Å². The van der Waals surface area contributed by atoms with Gasteiger partial charge in [0.05, 0.1) is 32.8 Å². The van der Waals surface area contributed by atoms with E-state index >= 15 is 0 Å². The Bertz CT molecular complexity index is 654. The second-order valence-electron chi connectivity index (χ2n) is 3.79. The standard InChI is InChI=1S/C12H10BrNO3S2/c1-7-14-8(5-18-7)6-19(17)9-2-3-11(13)10(4-9)12(15)16/h2-5H,6H2,1H3,(H,15,16). The Balaban J connectivity index is 2.24. The fraction of sp³-hybridized carbons (Fsp3) is 0.167. The molecular weight excluding hydrogens is 350 g/mol. The average molecular weight is 360 g/mol. The Hall–Kier alpha value is -1.05. The van der Waals surface area contributed by atoms with E-state index in [0.717, 1.165) is 10.7 Å². The minimum absolute atomic E-state index is 0.111. The Labute approximate surface area is 125 Å². The molecule has 0 fully saturated rings. The number of aromatic carboxylic acids is 1. The summed E-state index contributed by atoms with van der Waals surface area (Å²) in [5, 5.41) is 11.8. The molecule has 2 aromatic rings. The smallest absolute Gasteiger partial charge is 0.336 e. The molecule has 0 spiro atoms. The number of rotatable bonds is 4. The summed E-state index contributed by atoms with van der Waals surface area (Å²) in [6.45, 7) is 1.89. The molecule has 1 aromatic carbocycles. The normalized spacial score (nSPS) is 12.3. The van der Waals surface area contributed by atoms with Gasteiger partial charge in [-0.15, -0.1) is 11.3 Å². The van der Waals surface area contributed by atoms with Crippen molar-refractivity contribution in [2.24, 2.45) is 0 Å². The van der Waals surface area contributed by atoms with Crippen molar-refractivity contribution >= 4 is 44.0 Å². The molecule has 0 amide bonds. The van der Waals surface area contributed by atoms with E-state index in [-0.39, 0.29) is 5.56 Å². The lowest BCUT2D eigenvalue weighted by Crippen LogP contribution is -2.02. The van der Waals surface area contributed by atoms with Crippen LogP contribution in [0.4, 0.5) is 0 Å². The molecule has 100 valence electrons. The number of carboxylic acid groups (broad SMARTS) is 1. The molecule has 1 N–H and O–H groups in total. The van der Waals surface area contributed by atoms with Gasteiger partial charge < -0.3 is 5.11 Å². The Kier molecular flexibility index (Phi) is 4.49. The third-order valence-electron chi connectivity index (χ3n) is 2.38. The third kappa shape index (κ3) is 3.49. The highest BCUT2D eigenvalue weighted by molar-refractivity contribution is 9.10. The number of thiazole rings is 1. The van der Waals surface area contributed by atoms with E-state index in [1.807, 2.05) is 12.3 Å². The predicted molar refractivity (Wildman–Crippen MR) is 78.1 cm³/mol. The number of carboxylic acids is 1. The van der Waals surface area contributed by atoms with Gasteiger partial charge in [-0.1, -0.05) is 0 Å². The van der Waals surface area contributed by atoms with Gasteiger partial charge in [-0.25, -0.2) is 9.78 Å². The lowest BCUT2D eigenvalue weighted by Gasteiger charge is -2.04. The van der Waals surface area contributed by atoms with Gasteiger partial charge in [-0.2, -0.15) is 0 Å². The number of nitrogens with zero attached hydrogens (tertiary/aromatic N) is 1. The topological polar surface area (TPSA) is 67.3 Å². The molecule has 1 unspecified atom stereocenters. The lowest BCUT2D eigenvalue weighted by molar-refractivity contribution is 0.0695. The highest BCUT2D eigenvalue weighted by Crippen LogP contribution is 2.22. The van der Waals surface area contributed by atoms with Crippen molar-refractivity contribution in [3.63, 3.8) is 0 Å². The lowest BCUT2D eigenvalue weighted by atomic mass is 10.2. The first-order valence-corrected chi connectivity index (χ1v) is 8.29. The highest BCUT2D eigenvalue weighted by atomic mass is 79.9. The number of benzene rings is 1. The summed E-state index contributed by atoms with van der Waals surface area (Å²) in [6.07, 6.45) is 0. The van der Waals surface area contributed by atoms with Crippen LogP contribution < -0.4 is 0 Å². The second kappa shape index (κ2) is 5.94. The van der Waals surface area contributed by atoms with Gasteiger partial charge in [0, 0.05) is 14.7 Å². The molecule has 0 aliphatic rings. The molecule has 0 bridgehead atoms. The van der Waals surface area contributed by atoms with Crippen molar-refractivity contribution in [1.29, 1.82) is 0 Å². The van der Waals surface area contributed by atoms with Crippen molar-refractivity contribution in [1.82, 2.24) is 4.98 Å². The molecular formula is C12H10BrNO3S2. The molecule has 7 heteroatoms. The van der Waals surface area contributed by atoms with Crippen LogP contribution in [0.1, 0.15) is 21.1 Å². The van der Waals surface area contributed by atoms with Crippen LogP contribution in [-0.4, -0.2) is 20.3 Å². The van der Waals surface area contributed by atoms with Crippen LogP contribution >= 0.6 is 27.3 Å². The number of carbonyl (C=O) groups is 1. The number of aryl methyl sites for hydroxylation is 1. The number of aromatic nitrogens is 1. The first-order chi connectivity index (χ1) is 8.97. The maximum atomic E-state index is 12.2. The SMILES string of the molecule is Cc1nc(CS(=O)c2ccc(Br)c(C(=O)O)c2)cs1. The van der Waals surface area contributed by atoms with Crippen LogP contribution in [0.15, 0.2) is 32.9 Å². The van der Waals surface area contributed by atoms with Gasteiger partial charge in [0.1, 0.15) is 0 Å². The Morgan fingerprint density at radius 2 is 2.26 bits per heavy atom. The molecule has 1 heterocycles. The molecule has 4 nitrogen and oxygen atoms in total. The summed E-state index contributed by atoms with van der Waals surface area (Å²) in [7, 11) is -1.30. The second-order valence-corrected chi connectivity index (χ2v) is 7.16. The van der Waals surface area contributed by atoms with Crippen LogP contribution in [0.5, 0.6) is 0 Å². The van der Waals surface area contributed by atoms with Crippen molar-refractivity contribution in [2.75, 3.05) is 0 Å². The summed E-state index contributed by atoms with van der Waals surface area (Å²) in [6, 6.07) is 4.69. The van der Waals surface area contributed by atoms with Gasteiger partial charge in [0.25, 0.3) is 0 Å². The van der Waals surface area contributed by atoms with E-state index < -0.39 is 16.8 Å². The summed E-state index contributed by atoms with van der Waals surface area (Å²) in [5.74, 6) is -0.749. The maximum Gasteiger partial charge on any atom is 0.336 e. The van der Waals surface area contributed by atoms with E-state index in [4.69, 9.17) is 5.11 Å². The molecule has 19 heavy (non-hydrogen) atoms. The van der Waals surface area contributed by atoms with Crippen LogP contribution in [0.25, 0.3) is 0 Å². The molecule has 0 aliphatic heterocycles. The van der Waals surface area contributed by atoms with Crippen LogP contribution in [-0.2, 0) is 16.6 Å². The first kappa shape index (κ1) is 14.4. The van der Waals surface area contributed by atoms with Crippen molar-refractivity contribution in [3.05, 3.63) is 44.3 Å². The summed E-state index contributed by atoms with van der Waals surface area (Å²) in [4.78, 5) is 15.8. The van der Waals surface area contributed by atoms with E-state index in [1.54, 1.807) is 12.1 Å². The molecule has 0 radical (unpaired) electrons. The van der Waals surface area contributed by atoms with Gasteiger partial charge >= 0.3 is 5.97 Å². The van der Waals surface area contributed by atoms with Gasteiger partial charge in [-0.3, -0.25) is 4.21 Å². The minimum atomic E-state index is -1.30. The molecule has 0 saturated heterocycles. The number of halogens is 1. The minimum Gasteiger partial charge on any atom is -0.478 e. The van der Waals surface area contributed by atoms with Crippen molar-refractivity contribution in [2.45, 2.75) is 17.6 Å². The fourth-order valence-corrected chi connectivity index (χ4v) is 3.69. The zero-order chi connectivity index (χ0) is 14.0. The first-order valence-electron chi connectivity index (χ1n) is 5.29. The van der Waals surface area contributed by atoms with Crippen LogP contribution in [0.2, 0.25) is 0 Å². The van der Waals surface area contributed by atoms with Crippen molar-refractivity contribution in [3.8, 4) is 0 Å². The largest absolute Gasteiger partial charge is 0.478 e. The van der Waals surface area contributed by atoms with Crippen LogP contribution in [0, 0.1) is 6.92 Å². The van der Waals surface area contributed by atoms with Crippen molar-refractivity contribution < 1.29 is 14.1 Å². The average Bonchev–Trinajstić information content (AvgIpc) is 2.74. The Morgan fingerprint density at radius 1 is 1.53 bits per heavy atom. The van der Waals surface area contributed by atoms with E-state index in [0.29, 0.717) is 15.1 Å². The monoisotopic (exact) mass is 359 g/mol. The fourth-order valence-electron chi connectivity index (χ4n) is 1.50. The summed E-state index contributed by atoms with van der Waals surface area (Å²) < 4.78 is 12.7. The zero-order valence-electron chi connectivity index (χ0n) is 9.92. The van der Waals surface area contributed by atoms with Gasteiger partial charge in [-0.05, 0) is 41.1 Å². The third-order valence-corrected chi connectivity index (χ3v) is 5.23. The van der Waals surface area contributed by atoms with Gasteiger partial charge in [0.15, 0.2) is 0 Å². The predicted octanol–water partition coefficient (Wildman–Crippen LogP) is 3.22. The summed E-state index contributed by atoms with van der Waals surface area (Å²) in [5.41, 5.74) is 0.876. The zero-order valence-corrected chi connectivity index (χ0v) is 13.1. The Morgan fingerprint density at radius 3 is 2.84 bits per heavy atom. The van der Waals surface area contributed by atoms with E-state index in [2.05, 4.69) is 20.9 Å². The number of hydrogen-bond acceptors (Lipinski definition) is 4. The highest BCUT2D eigenvalue weighted by Gasteiger charge is 2.13. The molecule has 2 rings (SSSR count). The molecule has 0 aliphatic carbocycles. The number of hydrogen-bond donors (Lipinski definition) is 1. The van der Waals surface area contributed by atoms with Crippen LogP contribution in [0.3, 0.4) is 0 Å². The maximum absolute atomic E-state index is 12.2. The van der Waals surface area contributed by atoms with E-state index in [9.17, 15) is 9.00 Å². The van der Waals surface area contributed by atoms with Gasteiger partial charge in [0.2, 0.25) is 0 Å². The molecule has 1 atom stereocenters. The molecule has 0 saturated carbocycles. The molecule has 1 aromatic heterocycles.